The number of hydrogen-bond donors (Lipinski definition) is 2. The molecule has 0 aromatic carbocycles. The molecule has 2 aliphatic heterocycles. The lowest BCUT2D eigenvalue weighted by atomic mass is 9.89. The van der Waals surface area contributed by atoms with Crippen LogP contribution >= 0.6 is 0 Å². The summed E-state index contributed by atoms with van der Waals surface area (Å²) in [4.78, 5) is 5.29. The highest BCUT2D eigenvalue weighted by Gasteiger charge is 2.42. The molecule has 1 saturated heterocycles. The van der Waals surface area contributed by atoms with E-state index in [2.05, 4.69) is 15.6 Å². The SMILES string of the molecule is CC1CC(F)(F)CN(C)C1CNC1=CNC(C(F)(F)F)C=N1. The van der Waals surface area contributed by atoms with Crippen molar-refractivity contribution in [1.82, 2.24) is 15.5 Å². The quantitative estimate of drug-likeness (QED) is 0.779. The van der Waals surface area contributed by atoms with Gasteiger partial charge in [0.15, 0.2) is 6.04 Å². The van der Waals surface area contributed by atoms with Crippen molar-refractivity contribution in [1.29, 1.82) is 0 Å². The molecule has 0 saturated carbocycles. The Kier molecular flexibility index (Phi) is 4.65. The van der Waals surface area contributed by atoms with Gasteiger partial charge in [-0.05, 0) is 13.0 Å². The molecule has 3 atom stereocenters. The van der Waals surface area contributed by atoms with Gasteiger partial charge in [-0.15, -0.1) is 0 Å². The van der Waals surface area contributed by atoms with Gasteiger partial charge in [0.25, 0.3) is 5.92 Å². The average molecular weight is 326 g/mol. The Labute approximate surface area is 125 Å². The number of aliphatic imine (C=N–C) groups is 1. The monoisotopic (exact) mass is 326 g/mol. The van der Waals surface area contributed by atoms with E-state index in [1.807, 2.05) is 0 Å². The van der Waals surface area contributed by atoms with Gasteiger partial charge in [-0.25, -0.2) is 13.8 Å². The van der Waals surface area contributed by atoms with E-state index in [0.29, 0.717) is 6.54 Å². The van der Waals surface area contributed by atoms with Gasteiger partial charge in [0, 0.05) is 31.4 Å². The fourth-order valence-corrected chi connectivity index (χ4v) is 2.83. The first kappa shape index (κ1) is 17.0. The largest absolute Gasteiger partial charge is 0.413 e. The number of likely N-dealkylation sites (N-methyl/N-ethyl adjacent to an activating group) is 1. The van der Waals surface area contributed by atoms with Crippen molar-refractivity contribution >= 4 is 6.21 Å². The molecule has 0 bridgehead atoms. The van der Waals surface area contributed by atoms with Crippen LogP contribution in [0.25, 0.3) is 0 Å². The number of halogens is 5. The van der Waals surface area contributed by atoms with Crippen molar-refractivity contribution in [3.05, 3.63) is 12.0 Å². The molecule has 0 radical (unpaired) electrons. The summed E-state index contributed by atoms with van der Waals surface area (Å²) in [5.74, 6) is -2.67. The van der Waals surface area contributed by atoms with E-state index >= 15 is 0 Å². The molecule has 9 heteroatoms. The Morgan fingerprint density at radius 3 is 2.64 bits per heavy atom. The molecule has 3 unspecified atom stereocenters. The first-order chi connectivity index (χ1) is 10.1. The standard InChI is InChI=1S/C13H19F5N4/c1-8-3-12(14,15)7-22(2)9(8)4-20-11-6-19-10(5-21-11)13(16,17)18/h5-6,8-10,19-20H,3-4,7H2,1-2H3. The molecule has 126 valence electrons. The van der Waals surface area contributed by atoms with E-state index in [9.17, 15) is 22.0 Å². The van der Waals surface area contributed by atoms with Crippen molar-refractivity contribution in [2.45, 2.75) is 37.5 Å². The van der Waals surface area contributed by atoms with Crippen LogP contribution in [0.5, 0.6) is 0 Å². The molecule has 0 aromatic heterocycles. The minimum Gasteiger partial charge on any atom is -0.373 e. The van der Waals surface area contributed by atoms with Crippen molar-refractivity contribution < 1.29 is 22.0 Å². The molecule has 0 aromatic rings. The summed E-state index contributed by atoms with van der Waals surface area (Å²) in [7, 11) is 1.62. The summed E-state index contributed by atoms with van der Waals surface area (Å²) >= 11 is 0. The number of piperidine rings is 1. The van der Waals surface area contributed by atoms with Gasteiger partial charge in [-0.3, -0.25) is 4.90 Å². The second-order valence-corrected chi connectivity index (χ2v) is 5.89. The van der Waals surface area contributed by atoms with Gasteiger partial charge in [0.05, 0.1) is 6.54 Å². The molecule has 2 N–H and O–H groups in total. The molecule has 2 heterocycles. The third-order valence-electron chi connectivity index (χ3n) is 3.93. The highest BCUT2D eigenvalue weighted by atomic mass is 19.4. The molecular formula is C13H19F5N4. The highest BCUT2D eigenvalue weighted by Crippen LogP contribution is 2.33. The molecule has 0 aliphatic carbocycles. The van der Waals surface area contributed by atoms with Crippen LogP contribution in [-0.4, -0.2) is 55.4 Å². The lowest BCUT2D eigenvalue weighted by Crippen LogP contribution is -2.54. The summed E-state index contributed by atoms with van der Waals surface area (Å²) < 4.78 is 64.1. The van der Waals surface area contributed by atoms with Gasteiger partial charge in [-0.2, -0.15) is 13.2 Å². The highest BCUT2D eigenvalue weighted by molar-refractivity contribution is 5.68. The average Bonchev–Trinajstić information content (AvgIpc) is 2.35. The maximum atomic E-state index is 13.4. The fraction of sp³-hybridized carbons (Fsp3) is 0.769. The smallest absolute Gasteiger partial charge is 0.373 e. The van der Waals surface area contributed by atoms with E-state index in [-0.39, 0.29) is 30.7 Å². The lowest BCUT2D eigenvalue weighted by Gasteiger charge is -2.41. The molecule has 2 rings (SSSR count). The Hall–Kier alpha value is -1.38. The van der Waals surface area contributed by atoms with Crippen LogP contribution in [0.2, 0.25) is 0 Å². The Morgan fingerprint density at radius 2 is 2.14 bits per heavy atom. The number of hydrogen-bond acceptors (Lipinski definition) is 4. The van der Waals surface area contributed by atoms with Crippen LogP contribution in [0.15, 0.2) is 17.0 Å². The Morgan fingerprint density at radius 1 is 1.45 bits per heavy atom. The summed E-state index contributed by atoms with van der Waals surface area (Å²) in [6, 6.07) is -1.93. The zero-order valence-electron chi connectivity index (χ0n) is 12.3. The third kappa shape index (κ3) is 4.08. The summed E-state index contributed by atoms with van der Waals surface area (Å²) in [5.41, 5.74) is 0. The molecule has 0 spiro atoms. The zero-order chi connectivity index (χ0) is 16.5. The maximum Gasteiger partial charge on any atom is 0.413 e. The van der Waals surface area contributed by atoms with Crippen LogP contribution in [0.4, 0.5) is 22.0 Å². The first-order valence-corrected chi connectivity index (χ1v) is 6.97. The Bertz CT molecular complexity index is 446. The molecule has 4 nitrogen and oxygen atoms in total. The molecular weight excluding hydrogens is 307 g/mol. The fourth-order valence-electron chi connectivity index (χ4n) is 2.83. The van der Waals surface area contributed by atoms with E-state index < -0.39 is 18.1 Å². The Balaban J connectivity index is 1.87. The zero-order valence-corrected chi connectivity index (χ0v) is 12.3. The van der Waals surface area contributed by atoms with Crippen molar-refractivity contribution in [3.63, 3.8) is 0 Å². The van der Waals surface area contributed by atoms with E-state index in [1.54, 1.807) is 18.9 Å². The van der Waals surface area contributed by atoms with Gasteiger partial charge >= 0.3 is 6.18 Å². The van der Waals surface area contributed by atoms with E-state index in [0.717, 1.165) is 12.4 Å². The van der Waals surface area contributed by atoms with Gasteiger partial charge in [-0.1, -0.05) is 6.92 Å². The van der Waals surface area contributed by atoms with Gasteiger partial charge < -0.3 is 10.6 Å². The van der Waals surface area contributed by atoms with Crippen LogP contribution in [0, 0.1) is 5.92 Å². The molecule has 0 amide bonds. The number of nitrogens with zero attached hydrogens (tertiary/aromatic N) is 2. The maximum absolute atomic E-state index is 13.4. The van der Waals surface area contributed by atoms with Crippen molar-refractivity contribution in [2.75, 3.05) is 20.1 Å². The lowest BCUT2D eigenvalue weighted by molar-refractivity contribution is -0.136. The third-order valence-corrected chi connectivity index (χ3v) is 3.93. The number of alkyl halides is 5. The van der Waals surface area contributed by atoms with Crippen LogP contribution in [-0.2, 0) is 0 Å². The molecule has 1 fully saturated rings. The summed E-state index contributed by atoms with van der Waals surface area (Å²) in [6.07, 6.45) is -2.65. The second kappa shape index (κ2) is 6.02. The topological polar surface area (TPSA) is 39.7 Å². The van der Waals surface area contributed by atoms with Gasteiger partial charge in [0.1, 0.15) is 5.82 Å². The minimum absolute atomic E-state index is 0.129. The minimum atomic E-state index is -4.39. The van der Waals surface area contributed by atoms with Crippen molar-refractivity contribution in [3.8, 4) is 0 Å². The predicted molar refractivity (Wildman–Crippen MR) is 72.7 cm³/mol. The number of nitrogens with one attached hydrogen (secondary N) is 2. The van der Waals surface area contributed by atoms with Crippen LogP contribution in [0.3, 0.4) is 0 Å². The first-order valence-electron chi connectivity index (χ1n) is 6.97. The normalized spacial score (nSPS) is 32.3. The van der Waals surface area contributed by atoms with Crippen LogP contribution in [0.1, 0.15) is 13.3 Å². The summed E-state index contributed by atoms with van der Waals surface area (Å²) in [5, 5.41) is 5.10. The van der Waals surface area contributed by atoms with Gasteiger partial charge in [0.2, 0.25) is 0 Å². The number of rotatable bonds is 3. The van der Waals surface area contributed by atoms with E-state index in [1.165, 1.54) is 0 Å². The second-order valence-electron chi connectivity index (χ2n) is 5.89. The van der Waals surface area contributed by atoms with Crippen molar-refractivity contribution in [2.24, 2.45) is 10.9 Å². The van der Waals surface area contributed by atoms with Crippen LogP contribution < -0.4 is 10.6 Å². The summed E-state index contributed by atoms with van der Waals surface area (Å²) in [6.45, 7) is 1.77. The van der Waals surface area contributed by atoms with E-state index in [4.69, 9.17) is 0 Å². The molecule has 22 heavy (non-hydrogen) atoms. The predicted octanol–water partition coefficient (Wildman–Crippen LogP) is 1.96. The molecule has 2 aliphatic rings. The number of likely N-dealkylation sites (tertiary alicyclic amines) is 1.